The van der Waals surface area contributed by atoms with Gasteiger partial charge in [-0.15, -0.1) is 0 Å². The van der Waals surface area contributed by atoms with Crippen LogP contribution >= 0.6 is 0 Å². The van der Waals surface area contributed by atoms with Gasteiger partial charge in [0.05, 0.1) is 22.3 Å². The molecule has 0 radical (unpaired) electrons. The smallest absolute Gasteiger partial charge is 0.425 e. The molecular formula is C24H25F3N6O3S. The summed E-state index contributed by atoms with van der Waals surface area (Å²) in [6.07, 6.45) is -4.92. The van der Waals surface area contributed by atoms with Crippen molar-refractivity contribution in [2.45, 2.75) is 38.5 Å². The Labute approximate surface area is 212 Å². The van der Waals surface area contributed by atoms with Crippen LogP contribution in [-0.4, -0.2) is 54.5 Å². The van der Waals surface area contributed by atoms with Gasteiger partial charge in [-0.2, -0.15) is 18.4 Å². The molecule has 1 aliphatic rings. The number of benzene rings is 1. The van der Waals surface area contributed by atoms with Crippen LogP contribution in [0.4, 0.5) is 24.8 Å². The zero-order valence-corrected chi connectivity index (χ0v) is 20.8. The Hall–Kier alpha value is -3.66. The highest BCUT2D eigenvalue weighted by atomic mass is 32.2. The number of nitriles is 1. The Morgan fingerprint density at radius 2 is 1.84 bits per heavy atom. The van der Waals surface area contributed by atoms with Crippen molar-refractivity contribution in [2.24, 2.45) is 5.92 Å². The monoisotopic (exact) mass is 534 g/mol. The first-order chi connectivity index (χ1) is 17.6. The molecule has 0 saturated carbocycles. The van der Waals surface area contributed by atoms with E-state index in [1.54, 1.807) is 48.2 Å². The normalized spacial score (nSPS) is 15.8. The number of fused-ring (bicyclic) bond motifs is 1. The maximum atomic E-state index is 14.3. The lowest BCUT2D eigenvalue weighted by Crippen LogP contribution is -2.47. The fourth-order valence-corrected chi connectivity index (χ4v) is 5.37. The van der Waals surface area contributed by atoms with Crippen molar-refractivity contribution in [1.29, 1.82) is 5.26 Å². The maximum absolute atomic E-state index is 14.3. The first kappa shape index (κ1) is 26.4. The van der Waals surface area contributed by atoms with Crippen LogP contribution in [0.3, 0.4) is 0 Å². The van der Waals surface area contributed by atoms with Gasteiger partial charge in [0.1, 0.15) is 11.9 Å². The number of anilines is 2. The van der Waals surface area contributed by atoms with E-state index in [0.717, 1.165) is 0 Å². The van der Waals surface area contributed by atoms with E-state index < -0.39 is 34.1 Å². The lowest BCUT2D eigenvalue weighted by Gasteiger charge is -2.37. The van der Waals surface area contributed by atoms with Gasteiger partial charge in [-0.25, -0.2) is 23.4 Å². The molecular weight excluding hydrogens is 509 g/mol. The van der Waals surface area contributed by atoms with E-state index in [2.05, 4.69) is 25.7 Å². The summed E-state index contributed by atoms with van der Waals surface area (Å²) in [6, 6.07) is 11.7. The van der Waals surface area contributed by atoms with E-state index in [4.69, 9.17) is 4.74 Å². The lowest BCUT2D eigenvalue weighted by molar-refractivity contribution is -0.212. The minimum Gasteiger partial charge on any atom is -0.462 e. The molecule has 3 aromatic rings. The average Bonchev–Trinajstić information content (AvgIpc) is 2.86. The molecule has 37 heavy (non-hydrogen) atoms. The predicted molar refractivity (Wildman–Crippen MR) is 132 cm³/mol. The van der Waals surface area contributed by atoms with Crippen molar-refractivity contribution in [3.8, 4) is 11.9 Å². The SMILES string of the molecule is CCCS(=O)(=O)Nc1nc2ccccc2nc1OC(C1CCN(c2ncccc2C#N)CC1)C(F)(F)F. The summed E-state index contributed by atoms with van der Waals surface area (Å²) >= 11 is 0. The van der Waals surface area contributed by atoms with Gasteiger partial charge in [0, 0.05) is 25.2 Å². The van der Waals surface area contributed by atoms with Crippen LogP contribution < -0.4 is 14.4 Å². The molecule has 1 aromatic carbocycles. The number of halogens is 3. The van der Waals surface area contributed by atoms with E-state index in [1.165, 1.54) is 6.20 Å². The van der Waals surface area contributed by atoms with E-state index in [1.807, 2.05) is 0 Å². The van der Waals surface area contributed by atoms with Crippen molar-refractivity contribution in [3.63, 3.8) is 0 Å². The Balaban J connectivity index is 1.62. The second-order valence-corrected chi connectivity index (χ2v) is 10.5. The highest BCUT2D eigenvalue weighted by molar-refractivity contribution is 7.92. The lowest BCUT2D eigenvalue weighted by atomic mass is 9.90. The number of rotatable bonds is 8. The molecule has 1 aliphatic heterocycles. The Morgan fingerprint density at radius 1 is 1.16 bits per heavy atom. The standard InChI is InChI=1S/C24H25F3N6O3S/c1-2-14-37(34,35)32-21-23(31-19-8-4-3-7-18(19)30-21)36-20(24(25,26)27)16-9-12-33(13-10-16)22-17(15-28)6-5-11-29-22/h3-8,11,16,20H,2,9-10,12-14H2,1H3,(H,30,32). The minimum atomic E-state index is -4.75. The molecule has 9 nitrogen and oxygen atoms in total. The van der Waals surface area contributed by atoms with Gasteiger partial charge in [-0.3, -0.25) is 4.72 Å². The van der Waals surface area contributed by atoms with Crippen molar-refractivity contribution >= 4 is 32.7 Å². The first-order valence-electron chi connectivity index (χ1n) is 11.7. The number of ether oxygens (including phenoxy) is 1. The second-order valence-electron chi connectivity index (χ2n) is 8.68. The highest BCUT2D eigenvalue weighted by Gasteiger charge is 2.48. The quantitative estimate of drug-likeness (QED) is 0.455. The zero-order valence-electron chi connectivity index (χ0n) is 19.9. The van der Waals surface area contributed by atoms with Crippen LogP contribution in [0.2, 0.25) is 0 Å². The number of aromatic nitrogens is 3. The topological polar surface area (TPSA) is 121 Å². The Morgan fingerprint density at radius 3 is 2.46 bits per heavy atom. The van der Waals surface area contributed by atoms with E-state index in [0.29, 0.717) is 23.3 Å². The maximum Gasteiger partial charge on any atom is 0.425 e. The van der Waals surface area contributed by atoms with Crippen molar-refractivity contribution in [2.75, 3.05) is 28.5 Å². The molecule has 4 rings (SSSR count). The molecule has 0 spiro atoms. The molecule has 0 amide bonds. The van der Waals surface area contributed by atoms with Crippen molar-refractivity contribution in [3.05, 3.63) is 48.2 Å². The molecule has 2 aromatic heterocycles. The summed E-state index contributed by atoms with van der Waals surface area (Å²) in [6.45, 7) is 2.15. The molecule has 1 fully saturated rings. The molecule has 196 valence electrons. The predicted octanol–water partition coefficient (Wildman–Crippen LogP) is 4.27. The third-order valence-electron chi connectivity index (χ3n) is 6.00. The number of alkyl halides is 3. The summed E-state index contributed by atoms with van der Waals surface area (Å²) in [5, 5.41) is 9.33. The number of sulfonamides is 1. The van der Waals surface area contributed by atoms with Gasteiger partial charge < -0.3 is 9.64 Å². The van der Waals surface area contributed by atoms with Crippen LogP contribution in [-0.2, 0) is 10.0 Å². The fraction of sp³-hybridized carbons (Fsp3) is 0.417. The minimum absolute atomic E-state index is 0.115. The molecule has 13 heteroatoms. The van der Waals surface area contributed by atoms with Crippen molar-refractivity contribution < 1.29 is 26.3 Å². The van der Waals surface area contributed by atoms with E-state index in [-0.39, 0.29) is 43.0 Å². The number of nitrogens with zero attached hydrogens (tertiary/aromatic N) is 5. The fourth-order valence-electron chi connectivity index (χ4n) is 4.30. The molecule has 1 atom stereocenters. The van der Waals surface area contributed by atoms with Crippen LogP contribution in [0, 0.1) is 17.2 Å². The van der Waals surface area contributed by atoms with Gasteiger partial charge >= 0.3 is 6.18 Å². The van der Waals surface area contributed by atoms with Crippen LogP contribution in [0.15, 0.2) is 42.6 Å². The third kappa shape index (κ3) is 6.19. The van der Waals surface area contributed by atoms with E-state index >= 15 is 0 Å². The van der Waals surface area contributed by atoms with Gasteiger partial charge in [0.25, 0.3) is 5.88 Å². The van der Waals surface area contributed by atoms with Gasteiger partial charge in [0.15, 0.2) is 6.10 Å². The molecule has 1 N–H and O–H groups in total. The molecule has 3 heterocycles. The van der Waals surface area contributed by atoms with Crippen LogP contribution in [0.1, 0.15) is 31.7 Å². The number of nitrogens with one attached hydrogen (secondary N) is 1. The van der Waals surface area contributed by atoms with Crippen molar-refractivity contribution in [1.82, 2.24) is 15.0 Å². The number of hydrogen-bond donors (Lipinski definition) is 1. The highest BCUT2D eigenvalue weighted by Crippen LogP contribution is 2.37. The zero-order chi connectivity index (χ0) is 26.6. The van der Waals surface area contributed by atoms with Gasteiger partial charge in [-0.1, -0.05) is 19.1 Å². The Bertz CT molecular complexity index is 1400. The summed E-state index contributed by atoms with van der Waals surface area (Å²) in [4.78, 5) is 14.4. The average molecular weight is 535 g/mol. The first-order valence-corrected chi connectivity index (χ1v) is 13.4. The van der Waals surface area contributed by atoms with Crippen LogP contribution in [0.5, 0.6) is 5.88 Å². The number of hydrogen-bond acceptors (Lipinski definition) is 8. The summed E-state index contributed by atoms with van der Waals surface area (Å²) < 4.78 is 75.3. The molecule has 0 aliphatic carbocycles. The summed E-state index contributed by atoms with van der Waals surface area (Å²) in [5.41, 5.74) is 0.926. The van der Waals surface area contributed by atoms with Gasteiger partial charge in [-0.05, 0) is 43.5 Å². The molecule has 1 unspecified atom stereocenters. The number of para-hydroxylation sites is 2. The largest absolute Gasteiger partial charge is 0.462 e. The third-order valence-corrected chi connectivity index (χ3v) is 7.45. The number of pyridine rings is 1. The summed E-state index contributed by atoms with van der Waals surface area (Å²) in [5.74, 6) is -1.65. The molecule has 1 saturated heterocycles. The second kappa shape index (κ2) is 10.8. The summed E-state index contributed by atoms with van der Waals surface area (Å²) in [7, 11) is -3.87. The number of piperidine rings is 1. The molecule has 0 bridgehead atoms. The van der Waals surface area contributed by atoms with Crippen LogP contribution in [0.25, 0.3) is 11.0 Å². The van der Waals surface area contributed by atoms with E-state index in [9.17, 15) is 26.9 Å². The Kier molecular flexibility index (Phi) is 7.68. The van der Waals surface area contributed by atoms with Gasteiger partial charge in [0.2, 0.25) is 15.8 Å².